The van der Waals surface area contributed by atoms with E-state index >= 15 is 0 Å². The van der Waals surface area contributed by atoms with Crippen LogP contribution in [0.25, 0.3) is 11.3 Å². The third-order valence-electron chi connectivity index (χ3n) is 3.34. The summed E-state index contributed by atoms with van der Waals surface area (Å²) < 4.78 is 11.0. The Bertz CT molecular complexity index is 609. The van der Waals surface area contributed by atoms with Gasteiger partial charge in [0.25, 0.3) is 0 Å². The summed E-state index contributed by atoms with van der Waals surface area (Å²) in [5.41, 5.74) is 8.63. The summed E-state index contributed by atoms with van der Waals surface area (Å²) in [4.78, 5) is 4.46. The van der Waals surface area contributed by atoms with Crippen LogP contribution in [-0.2, 0) is 12.0 Å². The van der Waals surface area contributed by atoms with Gasteiger partial charge in [0.15, 0.2) is 0 Å². The first kappa shape index (κ1) is 14.6. The van der Waals surface area contributed by atoms with Crippen LogP contribution in [0.3, 0.4) is 0 Å². The molecule has 108 valence electrons. The molecule has 0 aliphatic carbocycles. The van der Waals surface area contributed by atoms with Gasteiger partial charge in [0.2, 0.25) is 5.89 Å². The molecular formula is C16H22N2O2. The van der Waals surface area contributed by atoms with Crippen LogP contribution in [0.5, 0.6) is 5.75 Å². The second kappa shape index (κ2) is 5.29. The topological polar surface area (TPSA) is 61.3 Å². The average molecular weight is 274 g/mol. The number of nitrogens with zero attached hydrogens (tertiary/aromatic N) is 1. The van der Waals surface area contributed by atoms with Gasteiger partial charge in [-0.2, -0.15) is 0 Å². The number of hydrogen-bond donors (Lipinski definition) is 1. The number of aryl methyl sites for hydroxylation is 1. The van der Waals surface area contributed by atoms with Crippen LogP contribution >= 0.6 is 0 Å². The van der Waals surface area contributed by atoms with Crippen molar-refractivity contribution in [2.24, 2.45) is 5.73 Å². The Morgan fingerprint density at radius 3 is 2.50 bits per heavy atom. The normalized spacial score (nSPS) is 11.7. The van der Waals surface area contributed by atoms with Gasteiger partial charge in [-0.25, -0.2) is 4.98 Å². The fraction of sp³-hybridized carbons (Fsp3) is 0.438. The molecule has 4 heteroatoms. The highest BCUT2D eigenvalue weighted by molar-refractivity contribution is 5.70. The molecule has 0 amide bonds. The van der Waals surface area contributed by atoms with Gasteiger partial charge in [-0.1, -0.05) is 26.8 Å². The van der Waals surface area contributed by atoms with E-state index in [1.807, 2.05) is 13.0 Å². The highest BCUT2D eigenvalue weighted by Crippen LogP contribution is 2.35. The molecule has 0 unspecified atom stereocenters. The maximum Gasteiger partial charge on any atom is 0.208 e. The Balaban J connectivity index is 2.61. The molecule has 0 spiro atoms. The Kier molecular flexibility index (Phi) is 3.86. The number of hydrogen-bond acceptors (Lipinski definition) is 4. The maximum atomic E-state index is 5.59. The van der Waals surface area contributed by atoms with Crippen LogP contribution in [0.4, 0.5) is 0 Å². The van der Waals surface area contributed by atoms with Gasteiger partial charge >= 0.3 is 0 Å². The van der Waals surface area contributed by atoms with Crippen LogP contribution in [-0.4, -0.2) is 12.1 Å². The predicted molar refractivity (Wildman–Crippen MR) is 79.8 cm³/mol. The van der Waals surface area contributed by atoms with Gasteiger partial charge < -0.3 is 14.9 Å². The first-order valence-corrected chi connectivity index (χ1v) is 6.72. The van der Waals surface area contributed by atoms with Crippen molar-refractivity contribution in [3.8, 4) is 17.0 Å². The number of methoxy groups -OCH3 is 1. The monoisotopic (exact) mass is 274 g/mol. The van der Waals surface area contributed by atoms with Crippen molar-refractivity contribution in [3.05, 3.63) is 35.4 Å². The fourth-order valence-corrected chi connectivity index (χ4v) is 2.15. The van der Waals surface area contributed by atoms with Crippen LogP contribution in [0, 0.1) is 6.92 Å². The molecule has 1 aromatic carbocycles. The highest BCUT2D eigenvalue weighted by atomic mass is 16.5. The zero-order valence-corrected chi connectivity index (χ0v) is 12.8. The SMILES string of the molecule is COc1ccc(C(C)(C)C)cc1-c1nc(CN)oc1C. The van der Waals surface area contributed by atoms with Crippen molar-refractivity contribution in [2.75, 3.05) is 7.11 Å². The number of rotatable bonds is 3. The second-order valence-corrected chi connectivity index (χ2v) is 5.88. The summed E-state index contributed by atoms with van der Waals surface area (Å²) in [6, 6.07) is 6.18. The van der Waals surface area contributed by atoms with Gasteiger partial charge in [-0.05, 0) is 30.0 Å². The largest absolute Gasteiger partial charge is 0.496 e. The molecule has 2 rings (SSSR count). The van der Waals surface area contributed by atoms with E-state index in [-0.39, 0.29) is 5.41 Å². The van der Waals surface area contributed by atoms with E-state index in [2.05, 4.69) is 37.9 Å². The van der Waals surface area contributed by atoms with Crippen LogP contribution in [0.1, 0.15) is 38.0 Å². The molecular weight excluding hydrogens is 252 g/mol. The molecule has 2 aromatic rings. The quantitative estimate of drug-likeness (QED) is 0.931. The molecule has 20 heavy (non-hydrogen) atoms. The molecule has 1 heterocycles. The number of benzene rings is 1. The molecule has 0 aliphatic heterocycles. The van der Waals surface area contributed by atoms with Crippen molar-refractivity contribution < 1.29 is 9.15 Å². The number of aromatic nitrogens is 1. The standard InChI is InChI=1S/C16H22N2O2/c1-10-15(18-14(9-17)20-10)12-8-11(16(2,3)4)6-7-13(12)19-5/h6-8H,9,17H2,1-5H3. The van der Waals surface area contributed by atoms with Crippen molar-refractivity contribution in [2.45, 2.75) is 39.7 Å². The lowest BCUT2D eigenvalue weighted by molar-refractivity contribution is 0.415. The summed E-state index contributed by atoms with van der Waals surface area (Å²) in [5.74, 6) is 2.09. The zero-order valence-electron chi connectivity index (χ0n) is 12.8. The minimum absolute atomic E-state index is 0.0648. The molecule has 4 nitrogen and oxygen atoms in total. The van der Waals surface area contributed by atoms with Crippen molar-refractivity contribution in [3.63, 3.8) is 0 Å². The zero-order chi connectivity index (χ0) is 14.9. The first-order chi connectivity index (χ1) is 9.36. The van der Waals surface area contributed by atoms with E-state index in [0.717, 1.165) is 22.8 Å². The molecule has 2 N–H and O–H groups in total. The predicted octanol–water partition coefficient (Wildman–Crippen LogP) is 3.41. The highest BCUT2D eigenvalue weighted by Gasteiger charge is 2.20. The lowest BCUT2D eigenvalue weighted by Crippen LogP contribution is -2.11. The van der Waals surface area contributed by atoms with E-state index in [0.29, 0.717) is 12.4 Å². The van der Waals surface area contributed by atoms with Crippen molar-refractivity contribution in [1.82, 2.24) is 4.98 Å². The summed E-state index contributed by atoms with van der Waals surface area (Å²) in [6.07, 6.45) is 0. The molecule has 0 saturated heterocycles. The van der Waals surface area contributed by atoms with Gasteiger partial charge in [0.05, 0.1) is 13.7 Å². The summed E-state index contributed by atoms with van der Waals surface area (Å²) in [5, 5.41) is 0. The molecule has 0 saturated carbocycles. The minimum atomic E-state index is 0.0648. The molecule has 0 atom stereocenters. The minimum Gasteiger partial charge on any atom is -0.496 e. The Labute approximate surface area is 120 Å². The van der Waals surface area contributed by atoms with E-state index in [1.165, 1.54) is 5.56 Å². The average Bonchev–Trinajstić information content (AvgIpc) is 2.78. The Hall–Kier alpha value is -1.81. The third-order valence-corrected chi connectivity index (χ3v) is 3.34. The van der Waals surface area contributed by atoms with Gasteiger partial charge in [0.1, 0.15) is 17.2 Å². The summed E-state index contributed by atoms with van der Waals surface area (Å²) >= 11 is 0. The molecule has 1 aromatic heterocycles. The van der Waals surface area contributed by atoms with E-state index in [9.17, 15) is 0 Å². The maximum absolute atomic E-state index is 5.59. The molecule has 0 aliphatic rings. The first-order valence-electron chi connectivity index (χ1n) is 6.72. The van der Waals surface area contributed by atoms with Crippen LogP contribution in [0.2, 0.25) is 0 Å². The second-order valence-electron chi connectivity index (χ2n) is 5.88. The van der Waals surface area contributed by atoms with E-state index in [4.69, 9.17) is 14.9 Å². The fourth-order valence-electron chi connectivity index (χ4n) is 2.15. The number of nitrogens with two attached hydrogens (primary N) is 1. The lowest BCUT2D eigenvalue weighted by Gasteiger charge is -2.20. The number of ether oxygens (including phenoxy) is 1. The third kappa shape index (κ3) is 2.70. The van der Waals surface area contributed by atoms with Crippen molar-refractivity contribution in [1.29, 1.82) is 0 Å². The van der Waals surface area contributed by atoms with E-state index in [1.54, 1.807) is 7.11 Å². The Morgan fingerprint density at radius 1 is 1.30 bits per heavy atom. The molecule has 0 fully saturated rings. The van der Waals surface area contributed by atoms with Crippen LogP contribution in [0.15, 0.2) is 22.6 Å². The van der Waals surface area contributed by atoms with Gasteiger partial charge in [-0.15, -0.1) is 0 Å². The van der Waals surface area contributed by atoms with Crippen molar-refractivity contribution >= 4 is 0 Å². The molecule has 0 radical (unpaired) electrons. The Morgan fingerprint density at radius 2 is 2.00 bits per heavy atom. The van der Waals surface area contributed by atoms with Crippen LogP contribution < -0.4 is 10.5 Å². The summed E-state index contributed by atoms with van der Waals surface area (Å²) in [7, 11) is 1.66. The smallest absolute Gasteiger partial charge is 0.208 e. The van der Waals surface area contributed by atoms with Gasteiger partial charge in [0, 0.05) is 5.56 Å². The molecule has 0 bridgehead atoms. The van der Waals surface area contributed by atoms with E-state index < -0.39 is 0 Å². The number of oxazole rings is 1. The summed E-state index contributed by atoms with van der Waals surface area (Å²) in [6.45, 7) is 8.73. The van der Waals surface area contributed by atoms with Gasteiger partial charge in [-0.3, -0.25) is 0 Å². The lowest BCUT2D eigenvalue weighted by atomic mass is 9.85.